The highest BCUT2D eigenvalue weighted by Crippen LogP contribution is 2.34. The second kappa shape index (κ2) is 6.68. The summed E-state index contributed by atoms with van der Waals surface area (Å²) in [6.45, 7) is 3.08. The van der Waals surface area contributed by atoms with Gasteiger partial charge in [-0.25, -0.2) is 9.97 Å². The van der Waals surface area contributed by atoms with Crippen LogP contribution in [-0.4, -0.2) is 56.9 Å². The van der Waals surface area contributed by atoms with Crippen LogP contribution in [0.15, 0.2) is 24.5 Å². The average Bonchev–Trinajstić information content (AvgIpc) is 3.17. The highest BCUT2D eigenvalue weighted by molar-refractivity contribution is 5.87. The molecule has 0 bridgehead atoms. The molecule has 9 nitrogen and oxygen atoms in total. The van der Waals surface area contributed by atoms with Crippen molar-refractivity contribution in [3.8, 4) is 0 Å². The zero-order chi connectivity index (χ0) is 19.1. The van der Waals surface area contributed by atoms with Crippen LogP contribution in [0.5, 0.6) is 0 Å². The lowest BCUT2D eigenvalue weighted by molar-refractivity contribution is 0.341. The van der Waals surface area contributed by atoms with Crippen molar-refractivity contribution in [3.63, 3.8) is 0 Å². The Kier molecular flexibility index (Phi) is 4.13. The molecule has 28 heavy (non-hydrogen) atoms. The van der Waals surface area contributed by atoms with Crippen molar-refractivity contribution in [2.45, 2.75) is 31.2 Å². The number of piperidine rings is 1. The van der Waals surface area contributed by atoms with E-state index in [4.69, 9.17) is 21.4 Å². The molecule has 0 amide bonds. The number of nitrogens with two attached hydrogens (primary N) is 2. The lowest BCUT2D eigenvalue weighted by Crippen LogP contribution is -2.55. The molecule has 0 atom stereocenters. The predicted octanol–water partition coefficient (Wildman–Crippen LogP) is 1.09. The molecule has 9 heteroatoms. The Morgan fingerprint density at radius 2 is 2.04 bits per heavy atom. The van der Waals surface area contributed by atoms with E-state index in [0.29, 0.717) is 12.2 Å². The van der Waals surface area contributed by atoms with Gasteiger partial charge in [0, 0.05) is 37.9 Å². The minimum Gasteiger partial charge on any atom is -0.355 e. The van der Waals surface area contributed by atoms with Crippen LogP contribution in [0.4, 0.5) is 17.3 Å². The summed E-state index contributed by atoms with van der Waals surface area (Å²) in [6.07, 6.45) is 7.42. The number of rotatable bonds is 3. The summed E-state index contributed by atoms with van der Waals surface area (Å²) in [5, 5.41) is 7.60. The summed E-state index contributed by atoms with van der Waals surface area (Å²) < 4.78 is 0. The number of aromatic amines is 1. The third kappa shape index (κ3) is 2.87. The number of H-pyrrole nitrogens is 1. The van der Waals surface area contributed by atoms with Crippen LogP contribution in [0.1, 0.15) is 25.0 Å². The first-order chi connectivity index (χ1) is 13.7. The van der Waals surface area contributed by atoms with E-state index >= 15 is 0 Å². The van der Waals surface area contributed by atoms with Gasteiger partial charge in [0.05, 0.1) is 17.6 Å². The Labute approximate surface area is 163 Å². The fourth-order valence-corrected chi connectivity index (χ4v) is 4.12. The number of anilines is 3. The van der Waals surface area contributed by atoms with Crippen molar-refractivity contribution < 1.29 is 0 Å². The summed E-state index contributed by atoms with van der Waals surface area (Å²) in [5.74, 6) is 1.66. The molecule has 0 saturated carbocycles. The van der Waals surface area contributed by atoms with Crippen molar-refractivity contribution in [1.29, 1.82) is 0 Å². The first-order valence-corrected chi connectivity index (χ1v) is 9.83. The number of hydrogen-bond acceptors (Lipinski definition) is 8. The number of fused-ring (bicyclic) bond motifs is 2. The van der Waals surface area contributed by atoms with Crippen LogP contribution in [0.3, 0.4) is 0 Å². The van der Waals surface area contributed by atoms with Crippen LogP contribution in [0.2, 0.25) is 0 Å². The first-order valence-electron chi connectivity index (χ1n) is 9.83. The van der Waals surface area contributed by atoms with E-state index in [1.807, 2.05) is 18.5 Å². The molecule has 3 aromatic heterocycles. The van der Waals surface area contributed by atoms with Crippen molar-refractivity contribution in [2.24, 2.45) is 11.5 Å². The molecule has 0 unspecified atom stereocenters. The molecule has 0 aliphatic carbocycles. The Bertz CT molecular complexity index is 990. The fourth-order valence-electron chi connectivity index (χ4n) is 4.12. The van der Waals surface area contributed by atoms with E-state index in [2.05, 4.69) is 31.0 Å². The second-order valence-corrected chi connectivity index (χ2v) is 7.75. The zero-order valence-electron chi connectivity index (χ0n) is 15.8. The smallest absolute Gasteiger partial charge is 0.183 e. The fraction of sp³-hybridized carbons (Fsp3) is 0.474. The maximum atomic E-state index is 6.30. The molecular weight excluding hydrogens is 354 g/mol. The Morgan fingerprint density at radius 3 is 2.86 bits per heavy atom. The molecule has 1 saturated heterocycles. The molecule has 2 aliphatic heterocycles. The topological polar surface area (TPSA) is 126 Å². The Morgan fingerprint density at radius 1 is 1.18 bits per heavy atom. The van der Waals surface area contributed by atoms with Gasteiger partial charge in [-0.3, -0.25) is 10.1 Å². The minimum absolute atomic E-state index is 0.259. The number of pyridine rings is 1. The molecule has 5 N–H and O–H groups in total. The number of hydrogen-bond donors (Lipinski definition) is 3. The molecule has 0 spiro atoms. The molecule has 146 valence electrons. The SMILES string of the molecule is NCC1(N)CCN(c2cnc3c(N4CCCc5ncccc54)n[nH]c3n2)CC1. The van der Waals surface area contributed by atoms with Gasteiger partial charge in [-0.15, -0.1) is 0 Å². The van der Waals surface area contributed by atoms with Gasteiger partial charge < -0.3 is 21.3 Å². The highest BCUT2D eigenvalue weighted by Gasteiger charge is 2.30. The van der Waals surface area contributed by atoms with Gasteiger partial charge in [0.2, 0.25) is 0 Å². The van der Waals surface area contributed by atoms with Crippen LogP contribution >= 0.6 is 0 Å². The summed E-state index contributed by atoms with van der Waals surface area (Å²) in [7, 11) is 0. The maximum Gasteiger partial charge on any atom is 0.183 e. The zero-order valence-corrected chi connectivity index (χ0v) is 15.8. The van der Waals surface area contributed by atoms with Crippen molar-refractivity contribution in [2.75, 3.05) is 36.0 Å². The van der Waals surface area contributed by atoms with Crippen molar-refractivity contribution in [1.82, 2.24) is 25.1 Å². The second-order valence-electron chi connectivity index (χ2n) is 7.75. The number of aryl methyl sites for hydroxylation is 1. The molecule has 0 radical (unpaired) electrons. The largest absolute Gasteiger partial charge is 0.355 e. The standard InChI is InChI=1S/C19H25N9/c20-12-19(21)5-9-27(10-6-19)15-11-23-16-17(24-15)25-26-18(16)28-8-2-3-13-14(28)4-1-7-22-13/h1,4,7,11H,2-3,5-6,8-10,12,20-21H2,(H,24,25,26). The van der Waals surface area contributed by atoms with Crippen LogP contribution in [-0.2, 0) is 6.42 Å². The maximum absolute atomic E-state index is 6.30. The van der Waals surface area contributed by atoms with Gasteiger partial charge in [0.1, 0.15) is 5.82 Å². The van der Waals surface area contributed by atoms with Gasteiger partial charge in [-0.05, 0) is 37.8 Å². The van der Waals surface area contributed by atoms with Crippen LogP contribution in [0, 0.1) is 0 Å². The van der Waals surface area contributed by atoms with Crippen LogP contribution in [0.25, 0.3) is 11.2 Å². The van der Waals surface area contributed by atoms with Gasteiger partial charge in [-0.2, -0.15) is 5.10 Å². The van der Waals surface area contributed by atoms with E-state index in [1.165, 1.54) is 0 Å². The lowest BCUT2D eigenvalue weighted by Gasteiger charge is -2.38. The molecular formula is C19H25N9. The van der Waals surface area contributed by atoms with Crippen LogP contribution < -0.4 is 21.3 Å². The van der Waals surface area contributed by atoms with Gasteiger partial charge in [0.15, 0.2) is 17.0 Å². The van der Waals surface area contributed by atoms with Crippen molar-refractivity contribution >= 4 is 28.5 Å². The molecule has 0 aromatic carbocycles. The number of nitrogens with zero attached hydrogens (tertiary/aromatic N) is 6. The molecule has 5 rings (SSSR count). The van der Waals surface area contributed by atoms with E-state index < -0.39 is 0 Å². The van der Waals surface area contributed by atoms with E-state index in [-0.39, 0.29) is 5.54 Å². The summed E-state index contributed by atoms with van der Waals surface area (Å²) in [6, 6.07) is 4.05. The summed E-state index contributed by atoms with van der Waals surface area (Å²) in [5.41, 5.74) is 15.5. The highest BCUT2D eigenvalue weighted by atomic mass is 15.3. The number of nitrogens with one attached hydrogen (secondary N) is 1. The normalized spacial score (nSPS) is 19.1. The summed E-state index contributed by atoms with van der Waals surface area (Å²) in [4.78, 5) is 18.4. The quantitative estimate of drug-likeness (QED) is 0.617. The van der Waals surface area contributed by atoms with Gasteiger partial charge in [-0.1, -0.05) is 0 Å². The summed E-state index contributed by atoms with van der Waals surface area (Å²) >= 11 is 0. The molecule has 2 aliphatic rings. The number of aromatic nitrogens is 5. The van der Waals surface area contributed by atoms with Gasteiger partial charge in [0.25, 0.3) is 0 Å². The first kappa shape index (κ1) is 17.3. The minimum atomic E-state index is -0.259. The molecule has 5 heterocycles. The predicted molar refractivity (Wildman–Crippen MR) is 109 cm³/mol. The van der Waals surface area contributed by atoms with E-state index in [9.17, 15) is 0 Å². The molecule has 1 fully saturated rings. The third-order valence-corrected chi connectivity index (χ3v) is 5.94. The monoisotopic (exact) mass is 379 g/mol. The molecule has 3 aromatic rings. The average molecular weight is 379 g/mol. The van der Waals surface area contributed by atoms with Gasteiger partial charge >= 0.3 is 0 Å². The van der Waals surface area contributed by atoms with E-state index in [1.54, 1.807) is 0 Å². The van der Waals surface area contributed by atoms with E-state index in [0.717, 1.165) is 73.9 Å². The third-order valence-electron chi connectivity index (χ3n) is 5.94. The Balaban J connectivity index is 1.44. The Hall–Kier alpha value is -2.78. The van der Waals surface area contributed by atoms with Crippen molar-refractivity contribution in [3.05, 3.63) is 30.2 Å². The lowest BCUT2D eigenvalue weighted by atomic mass is 9.89.